The molecule has 1 aromatic rings. The van der Waals surface area contributed by atoms with E-state index < -0.39 is 0 Å². The Balaban J connectivity index is 1.79. The normalized spacial score (nSPS) is 24.2. The van der Waals surface area contributed by atoms with Gasteiger partial charge in [0, 0.05) is 22.5 Å². The minimum absolute atomic E-state index is 0.203. The van der Waals surface area contributed by atoms with Crippen LogP contribution in [0.3, 0.4) is 0 Å². The van der Waals surface area contributed by atoms with E-state index in [9.17, 15) is 4.39 Å². The van der Waals surface area contributed by atoms with E-state index in [1.807, 2.05) is 0 Å². The smallest absolute Gasteiger partial charge is 0.127 e. The zero-order chi connectivity index (χ0) is 13.0. The second kappa shape index (κ2) is 6.74. The highest BCUT2D eigenvalue weighted by Gasteiger charge is 2.19. The molecule has 2 unspecified atom stereocenters. The van der Waals surface area contributed by atoms with Crippen LogP contribution in [0.4, 0.5) is 4.39 Å². The van der Waals surface area contributed by atoms with Crippen LogP contribution < -0.4 is 5.32 Å². The van der Waals surface area contributed by atoms with Gasteiger partial charge >= 0.3 is 0 Å². The lowest BCUT2D eigenvalue weighted by Gasteiger charge is -2.25. The van der Waals surface area contributed by atoms with Crippen molar-refractivity contribution in [1.29, 1.82) is 0 Å². The lowest BCUT2D eigenvalue weighted by molar-refractivity contribution is 0.345. The summed E-state index contributed by atoms with van der Waals surface area (Å²) in [6.45, 7) is 1.42. The standard InChI is InChI=1S/C14H18Cl2FN/c15-12-3-1-2-10(6-12)8-18-9-11-7-13(16)4-5-14(11)17/h4-5,7,10,12,18H,1-3,6,8-9H2. The Hall–Kier alpha value is -0.310. The third kappa shape index (κ3) is 4.11. The van der Waals surface area contributed by atoms with Crippen LogP contribution in [0.2, 0.25) is 5.02 Å². The maximum Gasteiger partial charge on any atom is 0.127 e. The molecular formula is C14H18Cl2FN. The van der Waals surface area contributed by atoms with Gasteiger partial charge in [0.15, 0.2) is 0 Å². The summed E-state index contributed by atoms with van der Waals surface area (Å²) in [7, 11) is 0. The summed E-state index contributed by atoms with van der Waals surface area (Å²) in [5, 5.41) is 4.19. The van der Waals surface area contributed by atoms with E-state index in [2.05, 4.69) is 5.32 Å². The fraction of sp³-hybridized carbons (Fsp3) is 0.571. The molecule has 1 nitrogen and oxygen atoms in total. The molecule has 1 N–H and O–H groups in total. The molecule has 0 spiro atoms. The van der Waals surface area contributed by atoms with Gasteiger partial charge in [0.2, 0.25) is 0 Å². The molecule has 1 aliphatic carbocycles. The Kier molecular flexibility index (Phi) is 5.28. The van der Waals surface area contributed by atoms with E-state index in [1.165, 1.54) is 18.9 Å². The van der Waals surface area contributed by atoms with Gasteiger partial charge in [-0.05, 0) is 49.9 Å². The second-order valence-corrected chi connectivity index (χ2v) is 6.05. The molecule has 0 aliphatic heterocycles. The molecular weight excluding hydrogens is 272 g/mol. The SMILES string of the molecule is Fc1ccc(Cl)cc1CNCC1CCCC(Cl)C1. The average Bonchev–Trinajstić information content (AvgIpc) is 2.34. The second-order valence-electron chi connectivity index (χ2n) is 5.00. The lowest BCUT2D eigenvalue weighted by Crippen LogP contribution is -2.27. The van der Waals surface area contributed by atoms with Crippen molar-refractivity contribution in [2.45, 2.75) is 37.6 Å². The summed E-state index contributed by atoms with van der Waals surface area (Å²) in [5.74, 6) is 0.411. The zero-order valence-corrected chi connectivity index (χ0v) is 11.8. The first kappa shape index (κ1) is 14.1. The van der Waals surface area contributed by atoms with E-state index >= 15 is 0 Å². The first-order chi connectivity index (χ1) is 8.65. The van der Waals surface area contributed by atoms with Crippen LogP contribution in [0.15, 0.2) is 18.2 Å². The molecule has 2 atom stereocenters. The van der Waals surface area contributed by atoms with Gasteiger partial charge in [-0.1, -0.05) is 18.0 Å². The van der Waals surface area contributed by atoms with E-state index in [1.54, 1.807) is 12.1 Å². The van der Waals surface area contributed by atoms with Gasteiger partial charge in [-0.3, -0.25) is 0 Å². The maximum absolute atomic E-state index is 13.5. The van der Waals surface area contributed by atoms with E-state index in [-0.39, 0.29) is 5.82 Å². The minimum atomic E-state index is -0.203. The number of nitrogens with one attached hydrogen (secondary N) is 1. The van der Waals surface area contributed by atoms with Crippen molar-refractivity contribution in [3.05, 3.63) is 34.6 Å². The Morgan fingerprint density at radius 3 is 2.94 bits per heavy atom. The van der Waals surface area contributed by atoms with Gasteiger partial charge in [-0.2, -0.15) is 0 Å². The summed E-state index contributed by atoms with van der Waals surface area (Å²) in [5.41, 5.74) is 0.626. The Bertz CT molecular complexity index is 397. The number of rotatable bonds is 4. The van der Waals surface area contributed by atoms with Gasteiger partial charge in [-0.25, -0.2) is 4.39 Å². The predicted octanol–water partition coefficient (Wildman–Crippen LogP) is 4.37. The van der Waals surface area contributed by atoms with E-state index in [0.717, 1.165) is 19.4 Å². The third-order valence-corrected chi connectivity index (χ3v) is 4.11. The van der Waals surface area contributed by atoms with Crippen LogP contribution in [0, 0.1) is 11.7 Å². The summed E-state index contributed by atoms with van der Waals surface area (Å²) in [6.07, 6.45) is 4.61. The van der Waals surface area contributed by atoms with Crippen LogP contribution in [-0.4, -0.2) is 11.9 Å². The van der Waals surface area contributed by atoms with E-state index in [0.29, 0.717) is 28.4 Å². The largest absolute Gasteiger partial charge is 0.312 e. The molecule has 1 fully saturated rings. The molecule has 1 aromatic carbocycles. The van der Waals surface area contributed by atoms with Gasteiger partial charge in [-0.15, -0.1) is 11.6 Å². The number of hydrogen-bond donors (Lipinski definition) is 1. The van der Waals surface area contributed by atoms with Crippen molar-refractivity contribution in [2.24, 2.45) is 5.92 Å². The molecule has 4 heteroatoms. The van der Waals surface area contributed by atoms with Crippen LogP contribution >= 0.6 is 23.2 Å². The Morgan fingerprint density at radius 1 is 1.33 bits per heavy atom. The molecule has 100 valence electrons. The summed E-state index contributed by atoms with van der Waals surface area (Å²) < 4.78 is 13.5. The van der Waals surface area contributed by atoms with Crippen molar-refractivity contribution in [3.63, 3.8) is 0 Å². The van der Waals surface area contributed by atoms with Crippen molar-refractivity contribution in [1.82, 2.24) is 5.32 Å². The molecule has 1 saturated carbocycles. The summed E-state index contributed by atoms with van der Waals surface area (Å²) >= 11 is 12.0. The van der Waals surface area contributed by atoms with Gasteiger partial charge in [0.1, 0.15) is 5.82 Å². The fourth-order valence-corrected chi connectivity index (χ4v) is 3.10. The number of alkyl halides is 1. The predicted molar refractivity (Wildman–Crippen MR) is 74.7 cm³/mol. The number of halogens is 3. The first-order valence-corrected chi connectivity index (χ1v) is 7.25. The van der Waals surface area contributed by atoms with Gasteiger partial charge < -0.3 is 5.32 Å². The van der Waals surface area contributed by atoms with E-state index in [4.69, 9.17) is 23.2 Å². The van der Waals surface area contributed by atoms with Crippen LogP contribution in [0.1, 0.15) is 31.2 Å². The highest BCUT2D eigenvalue weighted by atomic mass is 35.5. The topological polar surface area (TPSA) is 12.0 Å². The summed E-state index contributed by atoms with van der Waals surface area (Å²) in [4.78, 5) is 0. The first-order valence-electron chi connectivity index (χ1n) is 6.44. The average molecular weight is 290 g/mol. The molecule has 0 aromatic heterocycles. The molecule has 0 saturated heterocycles. The lowest BCUT2D eigenvalue weighted by atomic mass is 9.89. The van der Waals surface area contributed by atoms with Crippen molar-refractivity contribution >= 4 is 23.2 Å². The van der Waals surface area contributed by atoms with Crippen molar-refractivity contribution < 1.29 is 4.39 Å². The third-order valence-electron chi connectivity index (χ3n) is 3.48. The fourth-order valence-electron chi connectivity index (χ4n) is 2.50. The highest BCUT2D eigenvalue weighted by Crippen LogP contribution is 2.27. The van der Waals surface area contributed by atoms with Gasteiger partial charge in [0.05, 0.1) is 0 Å². The molecule has 0 bridgehead atoms. The monoisotopic (exact) mass is 289 g/mol. The van der Waals surface area contributed by atoms with Crippen LogP contribution in [0.5, 0.6) is 0 Å². The zero-order valence-electron chi connectivity index (χ0n) is 10.3. The minimum Gasteiger partial charge on any atom is -0.312 e. The summed E-state index contributed by atoms with van der Waals surface area (Å²) in [6, 6.07) is 4.66. The van der Waals surface area contributed by atoms with Gasteiger partial charge in [0.25, 0.3) is 0 Å². The molecule has 18 heavy (non-hydrogen) atoms. The molecule has 1 aliphatic rings. The van der Waals surface area contributed by atoms with Crippen molar-refractivity contribution in [2.75, 3.05) is 6.54 Å². The van der Waals surface area contributed by atoms with Crippen molar-refractivity contribution in [3.8, 4) is 0 Å². The Morgan fingerprint density at radius 2 is 2.17 bits per heavy atom. The molecule has 0 amide bonds. The molecule has 0 heterocycles. The van der Waals surface area contributed by atoms with Crippen LogP contribution in [0.25, 0.3) is 0 Å². The highest BCUT2D eigenvalue weighted by molar-refractivity contribution is 6.30. The number of benzene rings is 1. The maximum atomic E-state index is 13.5. The molecule has 2 rings (SSSR count). The quantitative estimate of drug-likeness (QED) is 0.812. The number of hydrogen-bond acceptors (Lipinski definition) is 1. The van der Waals surface area contributed by atoms with Crippen LogP contribution in [-0.2, 0) is 6.54 Å². The molecule has 0 radical (unpaired) electrons. The Labute approximate surface area is 118 Å².